The van der Waals surface area contributed by atoms with Crippen molar-refractivity contribution in [2.24, 2.45) is 5.73 Å². The van der Waals surface area contributed by atoms with Gasteiger partial charge in [0.1, 0.15) is 5.82 Å². The van der Waals surface area contributed by atoms with Crippen molar-refractivity contribution < 1.29 is 4.79 Å². The molecule has 0 aliphatic heterocycles. The molecule has 0 unspecified atom stereocenters. The maximum Gasteiger partial charge on any atom is 0.240 e. The molecule has 4 N–H and O–H groups in total. The van der Waals surface area contributed by atoms with Gasteiger partial charge in [0.2, 0.25) is 5.91 Å². The molecule has 0 radical (unpaired) electrons. The second-order valence-electron chi connectivity index (χ2n) is 4.95. The van der Waals surface area contributed by atoms with Gasteiger partial charge in [0.15, 0.2) is 5.82 Å². The Balaban J connectivity index is 1.65. The average molecular weight is 336 g/mol. The van der Waals surface area contributed by atoms with E-state index in [0.717, 1.165) is 22.9 Å². The van der Waals surface area contributed by atoms with Gasteiger partial charge in [0.25, 0.3) is 0 Å². The van der Waals surface area contributed by atoms with E-state index in [1.165, 1.54) is 0 Å². The van der Waals surface area contributed by atoms with Gasteiger partial charge in [0.05, 0.1) is 12.1 Å². The summed E-state index contributed by atoms with van der Waals surface area (Å²) in [7, 11) is 0. The minimum absolute atomic E-state index is 0.126. The first-order chi connectivity index (χ1) is 9.57. The van der Waals surface area contributed by atoms with Gasteiger partial charge in [-0.2, -0.15) is 5.10 Å². The monoisotopic (exact) mass is 335 g/mol. The number of hydrogen-bond donors (Lipinski definition) is 3. The zero-order valence-corrected chi connectivity index (χ0v) is 12.3. The van der Waals surface area contributed by atoms with Crippen molar-refractivity contribution >= 4 is 21.8 Å². The molecule has 2 aromatic rings. The van der Waals surface area contributed by atoms with E-state index in [4.69, 9.17) is 5.73 Å². The first kappa shape index (κ1) is 13.3. The van der Waals surface area contributed by atoms with E-state index in [0.29, 0.717) is 18.2 Å². The predicted octanol–water partition coefficient (Wildman–Crippen LogP) is 1.34. The number of hydrogen-bond acceptors (Lipinski definition) is 4. The number of nitrogens with one attached hydrogen (secondary N) is 2. The largest absolute Gasteiger partial charge is 0.347 e. The highest BCUT2D eigenvalue weighted by Gasteiger charge is 2.45. The summed E-state index contributed by atoms with van der Waals surface area (Å²) in [6, 6.07) is 7.71. The number of benzene rings is 1. The number of carbonyl (C=O) groups is 1. The van der Waals surface area contributed by atoms with Crippen LogP contribution in [0.15, 0.2) is 28.7 Å². The van der Waals surface area contributed by atoms with Gasteiger partial charge in [-0.25, -0.2) is 4.98 Å². The van der Waals surface area contributed by atoms with Gasteiger partial charge in [-0.05, 0) is 25.0 Å². The molecule has 1 aromatic carbocycles. The Hall–Kier alpha value is -1.73. The van der Waals surface area contributed by atoms with Crippen LogP contribution in [0.4, 0.5) is 0 Å². The predicted molar refractivity (Wildman–Crippen MR) is 77.5 cm³/mol. The molecule has 104 valence electrons. The first-order valence-electron chi connectivity index (χ1n) is 6.31. The Morgan fingerprint density at radius 3 is 2.75 bits per heavy atom. The standard InChI is InChI=1S/C13H14BrN5O/c14-9-3-1-8(2-4-9)11-17-10(18-19-11)7-16-12(20)13(15)5-6-13/h1-4H,5-7,15H2,(H,16,20)(H,17,18,19). The molecule has 1 aromatic heterocycles. The second kappa shape index (κ2) is 4.99. The van der Waals surface area contributed by atoms with Gasteiger partial charge < -0.3 is 11.1 Å². The third-order valence-electron chi connectivity index (χ3n) is 3.29. The van der Waals surface area contributed by atoms with Crippen LogP contribution in [0, 0.1) is 0 Å². The smallest absolute Gasteiger partial charge is 0.240 e. The molecule has 1 aliphatic rings. The van der Waals surface area contributed by atoms with E-state index in [2.05, 4.69) is 36.4 Å². The number of nitrogens with zero attached hydrogens (tertiary/aromatic N) is 2. The zero-order chi connectivity index (χ0) is 14.2. The van der Waals surface area contributed by atoms with Crippen LogP contribution < -0.4 is 11.1 Å². The van der Waals surface area contributed by atoms with Crippen LogP contribution in [0.2, 0.25) is 0 Å². The molecule has 1 aliphatic carbocycles. The molecule has 0 atom stereocenters. The van der Waals surface area contributed by atoms with Crippen molar-refractivity contribution in [2.45, 2.75) is 24.9 Å². The lowest BCUT2D eigenvalue weighted by molar-refractivity contribution is -0.123. The normalized spacial score (nSPS) is 15.9. The van der Waals surface area contributed by atoms with Crippen molar-refractivity contribution in [3.05, 3.63) is 34.6 Å². The number of carbonyl (C=O) groups excluding carboxylic acids is 1. The summed E-state index contributed by atoms with van der Waals surface area (Å²) in [6.07, 6.45) is 1.50. The highest BCUT2D eigenvalue weighted by molar-refractivity contribution is 9.10. The Morgan fingerprint density at radius 2 is 2.10 bits per heavy atom. The van der Waals surface area contributed by atoms with Crippen molar-refractivity contribution in [3.8, 4) is 11.4 Å². The number of halogens is 1. The summed E-state index contributed by atoms with van der Waals surface area (Å²) in [5.41, 5.74) is 6.06. The number of rotatable bonds is 4. The van der Waals surface area contributed by atoms with Crippen LogP contribution in [0.3, 0.4) is 0 Å². The lowest BCUT2D eigenvalue weighted by Gasteiger charge is -2.07. The number of aromatic nitrogens is 3. The maximum atomic E-state index is 11.7. The quantitative estimate of drug-likeness (QED) is 0.785. The van der Waals surface area contributed by atoms with E-state index < -0.39 is 5.54 Å². The lowest BCUT2D eigenvalue weighted by Crippen LogP contribution is -2.42. The summed E-state index contributed by atoms with van der Waals surface area (Å²) in [4.78, 5) is 16.1. The summed E-state index contributed by atoms with van der Waals surface area (Å²) in [6.45, 7) is 0.307. The van der Waals surface area contributed by atoms with Gasteiger partial charge in [-0.15, -0.1) is 0 Å². The third kappa shape index (κ3) is 2.73. The van der Waals surface area contributed by atoms with Crippen molar-refractivity contribution in [3.63, 3.8) is 0 Å². The van der Waals surface area contributed by atoms with Gasteiger partial charge in [0, 0.05) is 10.0 Å². The fraction of sp³-hybridized carbons (Fsp3) is 0.308. The second-order valence-corrected chi connectivity index (χ2v) is 5.87. The fourth-order valence-corrected chi connectivity index (χ4v) is 2.07. The van der Waals surface area contributed by atoms with Gasteiger partial charge in [-0.1, -0.05) is 28.1 Å². The summed E-state index contributed by atoms with van der Waals surface area (Å²) in [5, 5.41) is 9.73. The fourth-order valence-electron chi connectivity index (χ4n) is 1.80. The Bertz CT molecular complexity index is 632. The minimum atomic E-state index is -0.658. The first-order valence-corrected chi connectivity index (χ1v) is 7.10. The Kier molecular flexibility index (Phi) is 3.31. The van der Waals surface area contributed by atoms with Crippen molar-refractivity contribution in [2.75, 3.05) is 0 Å². The SMILES string of the molecule is NC1(C(=O)NCc2nc(-c3ccc(Br)cc3)n[nH]2)CC1. The molecule has 3 rings (SSSR count). The Morgan fingerprint density at radius 1 is 1.40 bits per heavy atom. The van der Waals surface area contributed by atoms with E-state index in [1.807, 2.05) is 24.3 Å². The molecule has 1 heterocycles. The molecule has 0 saturated heterocycles. The average Bonchev–Trinajstić information content (AvgIpc) is 3.03. The summed E-state index contributed by atoms with van der Waals surface area (Å²) >= 11 is 3.38. The molecule has 0 bridgehead atoms. The summed E-state index contributed by atoms with van der Waals surface area (Å²) in [5.74, 6) is 1.09. The molecule has 6 nitrogen and oxygen atoms in total. The molecule has 1 saturated carbocycles. The molecular weight excluding hydrogens is 322 g/mol. The van der Waals surface area contributed by atoms with Crippen LogP contribution in [0.5, 0.6) is 0 Å². The van der Waals surface area contributed by atoms with E-state index in [1.54, 1.807) is 0 Å². The third-order valence-corrected chi connectivity index (χ3v) is 3.82. The molecule has 0 spiro atoms. The van der Waals surface area contributed by atoms with E-state index in [-0.39, 0.29) is 5.91 Å². The van der Waals surface area contributed by atoms with E-state index in [9.17, 15) is 4.79 Å². The summed E-state index contributed by atoms with van der Waals surface area (Å²) < 4.78 is 1.00. The topological polar surface area (TPSA) is 96.7 Å². The Labute approximate surface area is 124 Å². The van der Waals surface area contributed by atoms with E-state index >= 15 is 0 Å². The van der Waals surface area contributed by atoms with Gasteiger partial charge >= 0.3 is 0 Å². The number of nitrogens with two attached hydrogens (primary N) is 1. The number of amides is 1. The van der Waals surface area contributed by atoms with Gasteiger partial charge in [-0.3, -0.25) is 9.89 Å². The molecular formula is C13H14BrN5O. The molecule has 20 heavy (non-hydrogen) atoms. The maximum absolute atomic E-state index is 11.7. The highest BCUT2D eigenvalue weighted by atomic mass is 79.9. The van der Waals surface area contributed by atoms with Crippen LogP contribution >= 0.6 is 15.9 Å². The highest BCUT2D eigenvalue weighted by Crippen LogP contribution is 2.32. The molecule has 7 heteroatoms. The minimum Gasteiger partial charge on any atom is -0.347 e. The zero-order valence-electron chi connectivity index (χ0n) is 10.7. The van der Waals surface area contributed by atoms with Crippen LogP contribution in [-0.4, -0.2) is 26.6 Å². The molecule has 1 amide bonds. The molecule has 1 fully saturated rings. The van der Waals surface area contributed by atoms with Crippen LogP contribution in [0.1, 0.15) is 18.7 Å². The number of H-pyrrole nitrogens is 1. The lowest BCUT2D eigenvalue weighted by atomic mass is 10.2. The van der Waals surface area contributed by atoms with Crippen LogP contribution in [0.25, 0.3) is 11.4 Å². The van der Waals surface area contributed by atoms with Crippen LogP contribution in [-0.2, 0) is 11.3 Å². The number of aromatic amines is 1. The van der Waals surface area contributed by atoms with Crippen molar-refractivity contribution in [1.29, 1.82) is 0 Å². The van der Waals surface area contributed by atoms with Crippen molar-refractivity contribution in [1.82, 2.24) is 20.5 Å².